The van der Waals surface area contributed by atoms with Crippen molar-refractivity contribution in [2.24, 2.45) is 0 Å². The van der Waals surface area contributed by atoms with E-state index >= 15 is 0 Å². The highest BCUT2D eigenvalue weighted by Crippen LogP contribution is 2.30. The van der Waals surface area contributed by atoms with Crippen molar-refractivity contribution in [1.29, 1.82) is 0 Å². The van der Waals surface area contributed by atoms with Crippen LogP contribution < -0.4 is 15.5 Å². The number of carbonyl (C=O) groups excluding carboxylic acids is 1. The van der Waals surface area contributed by atoms with Crippen molar-refractivity contribution >= 4 is 35.4 Å². The molecule has 14 heteroatoms. The number of ether oxygens (including phenoxy) is 1. The van der Waals surface area contributed by atoms with Crippen molar-refractivity contribution in [3.05, 3.63) is 48.4 Å². The van der Waals surface area contributed by atoms with Crippen molar-refractivity contribution in [3.63, 3.8) is 0 Å². The smallest absolute Gasteiger partial charge is 0.433 e. The highest BCUT2D eigenvalue weighted by Gasteiger charge is 2.32. The van der Waals surface area contributed by atoms with Gasteiger partial charge in [-0.15, -0.1) is 0 Å². The number of amides is 1. The van der Waals surface area contributed by atoms with E-state index in [1.54, 1.807) is 26.0 Å². The molecule has 11 nitrogen and oxygen atoms in total. The van der Waals surface area contributed by atoms with Gasteiger partial charge in [0.2, 0.25) is 17.8 Å². The number of hydrogen-bond acceptors (Lipinski definition) is 10. The summed E-state index contributed by atoms with van der Waals surface area (Å²) in [5.74, 6) is -0.355. The fourth-order valence-corrected chi connectivity index (χ4v) is 2.54. The van der Waals surface area contributed by atoms with Gasteiger partial charge in [-0.2, -0.15) is 33.0 Å². The first-order chi connectivity index (χ1) is 16.0. The number of nitrogens with zero attached hydrogens (tertiary/aromatic N) is 6. The van der Waals surface area contributed by atoms with Gasteiger partial charge in [0.05, 0.1) is 12.7 Å². The van der Waals surface area contributed by atoms with E-state index in [0.717, 1.165) is 24.3 Å². The fraction of sp³-hybridized carbons (Fsp3) is 0.300. The molecule has 180 valence electrons. The molecule has 34 heavy (non-hydrogen) atoms. The zero-order valence-electron chi connectivity index (χ0n) is 18.3. The molecule has 0 aliphatic heterocycles. The molecule has 0 bridgehead atoms. The first kappa shape index (κ1) is 24.6. The fourth-order valence-electron chi connectivity index (χ4n) is 2.54. The Morgan fingerprint density at radius 3 is 2.44 bits per heavy atom. The van der Waals surface area contributed by atoms with Crippen LogP contribution in [0.25, 0.3) is 0 Å². The van der Waals surface area contributed by atoms with Crippen molar-refractivity contribution in [2.75, 3.05) is 29.2 Å². The van der Waals surface area contributed by atoms with Gasteiger partial charge in [-0.25, -0.2) is 9.78 Å². The standard InChI is InChI=1S/C20H21F3N8O3/c1-19(2,33)11-26-15-28-16(27-12-7-9-24-13(10-12)20(21,22)23)30-17(29-15)31(18(32)34-3)14-6-4-5-8-25-14/h4-10,33H,11H2,1-3H3,(H2,24,26,27,28,29,30). The summed E-state index contributed by atoms with van der Waals surface area (Å²) in [7, 11) is 1.15. The van der Waals surface area contributed by atoms with Crippen LogP contribution in [0.1, 0.15) is 19.5 Å². The summed E-state index contributed by atoms with van der Waals surface area (Å²) < 4.78 is 43.9. The van der Waals surface area contributed by atoms with Gasteiger partial charge < -0.3 is 20.5 Å². The minimum absolute atomic E-state index is 0.00429. The second-order valence-corrected chi connectivity index (χ2v) is 7.49. The summed E-state index contributed by atoms with van der Waals surface area (Å²) in [5.41, 5.74) is -2.26. The van der Waals surface area contributed by atoms with Gasteiger partial charge in [0, 0.05) is 24.6 Å². The number of aromatic nitrogens is 5. The summed E-state index contributed by atoms with van der Waals surface area (Å²) in [5, 5.41) is 15.5. The Hall–Kier alpha value is -4.07. The van der Waals surface area contributed by atoms with E-state index < -0.39 is 23.6 Å². The van der Waals surface area contributed by atoms with Gasteiger partial charge in [0.15, 0.2) is 0 Å². The molecule has 1 amide bonds. The lowest BCUT2D eigenvalue weighted by molar-refractivity contribution is -0.141. The zero-order chi connectivity index (χ0) is 24.9. The maximum Gasteiger partial charge on any atom is 0.433 e. The molecule has 0 unspecified atom stereocenters. The number of alkyl halides is 3. The summed E-state index contributed by atoms with van der Waals surface area (Å²) in [4.78, 5) is 33.4. The highest BCUT2D eigenvalue weighted by molar-refractivity contribution is 5.93. The van der Waals surface area contributed by atoms with Gasteiger partial charge >= 0.3 is 12.3 Å². The Morgan fingerprint density at radius 2 is 1.82 bits per heavy atom. The second kappa shape index (κ2) is 9.82. The number of nitrogens with one attached hydrogen (secondary N) is 2. The van der Waals surface area contributed by atoms with E-state index in [4.69, 9.17) is 4.74 Å². The van der Waals surface area contributed by atoms with Crippen LogP contribution in [0, 0.1) is 0 Å². The van der Waals surface area contributed by atoms with Crippen LogP contribution in [-0.4, -0.2) is 55.4 Å². The Morgan fingerprint density at radius 1 is 1.09 bits per heavy atom. The third-order valence-electron chi connectivity index (χ3n) is 4.04. The minimum atomic E-state index is -4.65. The lowest BCUT2D eigenvalue weighted by Gasteiger charge is -2.21. The van der Waals surface area contributed by atoms with E-state index in [9.17, 15) is 23.1 Å². The maximum atomic E-state index is 13.0. The number of halogens is 3. The molecule has 0 saturated carbocycles. The first-order valence-corrected chi connectivity index (χ1v) is 9.78. The number of aliphatic hydroxyl groups is 1. The van der Waals surface area contributed by atoms with Crippen molar-refractivity contribution in [1.82, 2.24) is 24.9 Å². The van der Waals surface area contributed by atoms with E-state index in [2.05, 4.69) is 35.6 Å². The molecule has 0 radical (unpaired) electrons. The molecule has 3 aromatic rings. The van der Waals surface area contributed by atoms with Gasteiger partial charge in [0.1, 0.15) is 11.5 Å². The van der Waals surface area contributed by atoms with Gasteiger partial charge in [-0.1, -0.05) is 6.07 Å². The van der Waals surface area contributed by atoms with Crippen molar-refractivity contribution in [2.45, 2.75) is 25.6 Å². The molecule has 0 fully saturated rings. The average Bonchev–Trinajstić information content (AvgIpc) is 2.77. The van der Waals surface area contributed by atoms with E-state index in [1.807, 2.05) is 0 Å². The third-order valence-corrected chi connectivity index (χ3v) is 4.04. The predicted octanol–water partition coefficient (Wildman–Crippen LogP) is 3.51. The zero-order valence-corrected chi connectivity index (χ0v) is 18.3. The summed E-state index contributed by atoms with van der Waals surface area (Å²) in [6, 6.07) is 6.85. The van der Waals surface area contributed by atoms with Crippen LogP contribution in [0.5, 0.6) is 0 Å². The van der Waals surface area contributed by atoms with Gasteiger partial charge in [0.25, 0.3) is 0 Å². The lowest BCUT2D eigenvalue weighted by Crippen LogP contribution is -2.31. The largest absolute Gasteiger partial charge is 0.452 e. The molecular weight excluding hydrogens is 457 g/mol. The number of anilines is 5. The molecule has 3 N–H and O–H groups in total. The Labute approximate surface area is 192 Å². The van der Waals surface area contributed by atoms with Crippen molar-refractivity contribution < 1.29 is 27.8 Å². The van der Waals surface area contributed by atoms with Crippen LogP contribution in [0.4, 0.5) is 47.3 Å². The van der Waals surface area contributed by atoms with Gasteiger partial charge in [-0.3, -0.25) is 4.98 Å². The number of methoxy groups -OCH3 is 1. The molecule has 0 saturated heterocycles. The number of hydrogen-bond donors (Lipinski definition) is 3. The summed E-state index contributed by atoms with van der Waals surface area (Å²) in [6.45, 7) is 3.11. The quantitative estimate of drug-likeness (QED) is 0.462. The Balaban J connectivity index is 2.05. The topological polar surface area (TPSA) is 138 Å². The Kier molecular flexibility index (Phi) is 7.10. The maximum absolute atomic E-state index is 13.0. The molecule has 3 heterocycles. The van der Waals surface area contributed by atoms with Crippen LogP contribution in [-0.2, 0) is 10.9 Å². The second-order valence-electron chi connectivity index (χ2n) is 7.49. The number of pyridine rings is 2. The molecule has 3 rings (SSSR count). The molecule has 0 atom stereocenters. The SMILES string of the molecule is COC(=O)N(c1ccccn1)c1nc(NCC(C)(C)O)nc(Nc2ccnc(C(F)(F)F)c2)n1. The van der Waals surface area contributed by atoms with E-state index in [0.29, 0.717) is 0 Å². The average molecular weight is 478 g/mol. The molecule has 0 spiro atoms. The monoisotopic (exact) mass is 478 g/mol. The van der Waals surface area contributed by atoms with Crippen molar-refractivity contribution in [3.8, 4) is 0 Å². The summed E-state index contributed by atoms with van der Waals surface area (Å²) in [6.07, 6.45) is -3.10. The van der Waals surface area contributed by atoms with E-state index in [1.165, 1.54) is 18.3 Å². The Bertz CT molecular complexity index is 1140. The van der Waals surface area contributed by atoms with Crippen LogP contribution in [0.2, 0.25) is 0 Å². The normalized spacial score (nSPS) is 11.6. The molecule has 0 aromatic carbocycles. The molecular formula is C20H21F3N8O3. The van der Waals surface area contributed by atoms with Crippen LogP contribution >= 0.6 is 0 Å². The molecule has 0 aliphatic carbocycles. The van der Waals surface area contributed by atoms with Gasteiger partial charge in [-0.05, 0) is 38.1 Å². The first-order valence-electron chi connectivity index (χ1n) is 9.78. The van der Waals surface area contributed by atoms with Crippen LogP contribution in [0.15, 0.2) is 42.7 Å². The number of carbonyl (C=O) groups is 1. The third kappa shape index (κ3) is 6.48. The van der Waals surface area contributed by atoms with E-state index in [-0.39, 0.29) is 35.9 Å². The van der Waals surface area contributed by atoms with Crippen LogP contribution in [0.3, 0.4) is 0 Å². The molecule has 0 aliphatic rings. The number of rotatable bonds is 7. The lowest BCUT2D eigenvalue weighted by atomic mass is 10.1. The highest BCUT2D eigenvalue weighted by atomic mass is 19.4. The molecule has 3 aromatic heterocycles. The summed E-state index contributed by atoms with van der Waals surface area (Å²) >= 11 is 0. The predicted molar refractivity (Wildman–Crippen MR) is 116 cm³/mol. The minimum Gasteiger partial charge on any atom is -0.452 e.